The quantitative estimate of drug-likeness (QED) is 0.514. The Morgan fingerprint density at radius 1 is 0.633 bits per heavy atom. The number of amides is 2. The van der Waals surface area contributed by atoms with Gasteiger partial charge in [0.2, 0.25) is 0 Å². The Bertz CT molecular complexity index is 991. The van der Waals surface area contributed by atoms with Crippen molar-refractivity contribution >= 4 is 11.8 Å². The smallest absolute Gasteiger partial charge is 0.253 e. The number of carbonyl (C=O) groups excluding carboxylic acids is 2. The van der Waals surface area contributed by atoms with E-state index in [9.17, 15) is 19.8 Å². The van der Waals surface area contributed by atoms with E-state index in [1.54, 1.807) is 24.3 Å². The number of imide groups is 1. The lowest BCUT2D eigenvalue weighted by Gasteiger charge is -2.32. The molecule has 0 aliphatic carbocycles. The Morgan fingerprint density at radius 2 is 1.00 bits per heavy atom. The summed E-state index contributed by atoms with van der Waals surface area (Å²) in [7, 11) is 1.45. The van der Waals surface area contributed by atoms with Gasteiger partial charge in [0, 0.05) is 24.6 Å². The lowest BCUT2D eigenvalue weighted by atomic mass is 9.71. The molecule has 152 valence electrons. The summed E-state index contributed by atoms with van der Waals surface area (Å²) in [5.41, 5.74) is 2.97. The maximum atomic E-state index is 10.4. The third-order valence-electron chi connectivity index (χ3n) is 5.27. The molecule has 5 nitrogen and oxygen atoms in total. The molecule has 0 aromatic heterocycles. The number of rotatable bonds is 3. The summed E-state index contributed by atoms with van der Waals surface area (Å²) in [5.74, 6) is 0.0275. The van der Waals surface area contributed by atoms with Crippen LogP contribution < -0.4 is 0 Å². The van der Waals surface area contributed by atoms with Crippen LogP contribution in [-0.2, 0) is 15.0 Å². The van der Waals surface area contributed by atoms with E-state index < -0.39 is 0 Å². The lowest BCUT2D eigenvalue weighted by molar-refractivity contribution is -0.135. The highest BCUT2D eigenvalue weighted by Gasteiger charge is 2.31. The number of carbonyl (C=O) groups is 2. The van der Waals surface area contributed by atoms with E-state index in [1.807, 2.05) is 42.5 Å². The van der Waals surface area contributed by atoms with Crippen molar-refractivity contribution in [3.05, 3.63) is 108 Å². The lowest BCUT2D eigenvalue weighted by Crippen LogP contribution is -2.25. The van der Waals surface area contributed by atoms with E-state index in [0.29, 0.717) is 0 Å². The third-order valence-corrected chi connectivity index (χ3v) is 5.27. The zero-order valence-corrected chi connectivity index (χ0v) is 16.8. The molecule has 0 saturated heterocycles. The number of benzene rings is 3. The number of aromatic hydroxyl groups is 2. The first kappa shape index (κ1) is 20.9. The summed E-state index contributed by atoms with van der Waals surface area (Å²) in [6.07, 6.45) is 2.50. The molecule has 0 atom stereocenters. The fourth-order valence-electron chi connectivity index (χ4n) is 3.34. The Labute approximate surface area is 175 Å². The van der Waals surface area contributed by atoms with Crippen molar-refractivity contribution in [1.82, 2.24) is 4.90 Å². The largest absolute Gasteiger partial charge is 0.508 e. The first-order chi connectivity index (χ1) is 14.3. The summed E-state index contributed by atoms with van der Waals surface area (Å²) in [6.45, 7) is 2.15. The van der Waals surface area contributed by atoms with Crippen LogP contribution in [0.4, 0.5) is 0 Å². The Morgan fingerprint density at radius 3 is 1.33 bits per heavy atom. The summed E-state index contributed by atoms with van der Waals surface area (Å²) >= 11 is 0. The molecule has 0 bridgehead atoms. The topological polar surface area (TPSA) is 77.8 Å². The van der Waals surface area contributed by atoms with Gasteiger partial charge in [0.05, 0.1) is 0 Å². The minimum atomic E-state index is -0.358. The summed E-state index contributed by atoms with van der Waals surface area (Å²) in [6, 6.07) is 24.8. The fourth-order valence-corrected chi connectivity index (χ4v) is 3.34. The van der Waals surface area contributed by atoms with Crippen molar-refractivity contribution in [3.63, 3.8) is 0 Å². The van der Waals surface area contributed by atoms with Gasteiger partial charge in [-0.25, -0.2) is 0 Å². The summed E-state index contributed by atoms with van der Waals surface area (Å²) in [5, 5.41) is 19.1. The SMILES string of the molecule is CC(c1ccccc1)(c1ccc(O)cc1)c1ccc(O)cc1.CN1C(=O)C=CC1=O. The average Bonchev–Trinajstić information content (AvgIpc) is 3.06. The van der Waals surface area contributed by atoms with Crippen molar-refractivity contribution in [2.24, 2.45) is 0 Å². The number of hydrogen-bond acceptors (Lipinski definition) is 4. The van der Waals surface area contributed by atoms with E-state index in [1.165, 1.54) is 19.2 Å². The highest BCUT2D eigenvalue weighted by molar-refractivity contribution is 6.12. The minimum absolute atomic E-state index is 0.241. The number of nitrogens with zero attached hydrogens (tertiary/aromatic N) is 1. The van der Waals surface area contributed by atoms with Crippen molar-refractivity contribution in [2.45, 2.75) is 12.3 Å². The van der Waals surface area contributed by atoms with Crippen LogP contribution in [0.2, 0.25) is 0 Å². The van der Waals surface area contributed by atoms with Crippen LogP contribution in [0.3, 0.4) is 0 Å². The first-order valence-corrected chi connectivity index (χ1v) is 9.46. The number of phenolic OH excluding ortho intramolecular Hbond substituents is 2. The highest BCUT2D eigenvalue weighted by Crippen LogP contribution is 2.39. The predicted molar refractivity (Wildman–Crippen MR) is 115 cm³/mol. The van der Waals surface area contributed by atoms with Gasteiger partial charge in [0.1, 0.15) is 11.5 Å². The summed E-state index contributed by atoms with van der Waals surface area (Å²) < 4.78 is 0. The zero-order chi connectivity index (χ0) is 21.7. The molecular formula is C25H23NO4. The van der Waals surface area contributed by atoms with Crippen molar-refractivity contribution in [3.8, 4) is 11.5 Å². The zero-order valence-electron chi connectivity index (χ0n) is 16.8. The van der Waals surface area contributed by atoms with Crippen molar-refractivity contribution in [2.75, 3.05) is 7.05 Å². The molecule has 2 amide bonds. The Kier molecular flexibility index (Phi) is 6.02. The van der Waals surface area contributed by atoms with E-state index in [2.05, 4.69) is 19.1 Å². The summed E-state index contributed by atoms with van der Waals surface area (Å²) in [4.78, 5) is 21.9. The van der Waals surface area contributed by atoms with E-state index >= 15 is 0 Å². The fraction of sp³-hybridized carbons (Fsp3) is 0.120. The molecule has 0 saturated carbocycles. The third kappa shape index (κ3) is 4.25. The van der Waals surface area contributed by atoms with Crippen LogP contribution in [-0.4, -0.2) is 34.0 Å². The van der Waals surface area contributed by atoms with Crippen LogP contribution in [0.25, 0.3) is 0 Å². The van der Waals surface area contributed by atoms with Gasteiger partial charge in [-0.1, -0.05) is 54.6 Å². The van der Waals surface area contributed by atoms with Gasteiger partial charge in [0.15, 0.2) is 0 Å². The molecule has 2 N–H and O–H groups in total. The van der Waals surface area contributed by atoms with E-state index in [-0.39, 0.29) is 28.7 Å². The molecule has 30 heavy (non-hydrogen) atoms. The maximum Gasteiger partial charge on any atom is 0.253 e. The number of likely N-dealkylation sites (N-methyl/N-ethyl adjacent to an activating group) is 1. The molecule has 0 fully saturated rings. The molecule has 3 aromatic rings. The molecule has 4 rings (SSSR count). The van der Waals surface area contributed by atoms with Gasteiger partial charge in [-0.3, -0.25) is 14.5 Å². The highest BCUT2D eigenvalue weighted by atomic mass is 16.3. The monoisotopic (exact) mass is 401 g/mol. The molecule has 0 spiro atoms. The van der Waals surface area contributed by atoms with Gasteiger partial charge >= 0.3 is 0 Å². The van der Waals surface area contributed by atoms with Crippen LogP contribution >= 0.6 is 0 Å². The molecule has 3 aromatic carbocycles. The molecular weight excluding hydrogens is 378 g/mol. The van der Waals surface area contributed by atoms with Crippen LogP contribution in [0, 0.1) is 0 Å². The number of hydrogen-bond donors (Lipinski definition) is 2. The first-order valence-electron chi connectivity index (χ1n) is 9.46. The van der Waals surface area contributed by atoms with Gasteiger partial charge in [-0.15, -0.1) is 0 Å². The van der Waals surface area contributed by atoms with E-state index in [4.69, 9.17) is 0 Å². The molecule has 1 aliphatic heterocycles. The average molecular weight is 401 g/mol. The second-order valence-corrected chi connectivity index (χ2v) is 7.15. The predicted octanol–water partition coefficient (Wildman–Crippen LogP) is 3.99. The number of phenols is 2. The van der Waals surface area contributed by atoms with Crippen molar-refractivity contribution < 1.29 is 19.8 Å². The normalized spacial score (nSPS) is 13.2. The van der Waals surface area contributed by atoms with Crippen LogP contribution in [0.5, 0.6) is 11.5 Å². The Balaban J connectivity index is 0.000000269. The van der Waals surface area contributed by atoms with Gasteiger partial charge in [-0.05, 0) is 47.9 Å². The maximum absolute atomic E-state index is 10.4. The van der Waals surface area contributed by atoms with Gasteiger partial charge in [-0.2, -0.15) is 0 Å². The standard InChI is InChI=1S/C20H18O2.C5H5NO2/c1-20(15-5-3-2-4-6-15,16-7-11-18(21)12-8-16)17-9-13-19(22)14-10-17;1-6-4(7)2-3-5(6)8/h2-14,21-22H,1H3;2-3H,1H3. The van der Waals surface area contributed by atoms with Crippen LogP contribution in [0.15, 0.2) is 91.0 Å². The Hall–Kier alpha value is -3.86. The molecule has 5 heteroatoms. The molecule has 1 heterocycles. The van der Waals surface area contributed by atoms with Crippen LogP contribution in [0.1, 0.15) is 23.6 Å². The molecule has 0 radical (unpaired) electrons. The minimum Gasteiger partial charge on any atom is -0.508 e. The second kappa shape index (κ2) is 8.66. The van der Waals surface area contributed by atoms with E-state index in [0.717, 1.165) is 21.6 Å². The van der Waals surface area contributed by atoms with Gasteiger partial charge < -0.3 is 10.2 Å². The van der Waals surface area contributed by atoms with Crippen molar-refractivity contribution in [1.29, 1.82) is 0 Å². The molecule has 1 aliphatic rings. The second-order valence-electron chi connectivity index (χ2n) is 7.15. The van der Waals surface area contributed by atoms with Gasteiger partial charge in [0.25, 0.3) is 11.8 Å². The molecule has 0 unspecified atom stereocenters.